The molecule has 2 saturated carbocycles. The van der Waals surface area contributed by atoms with Crippen molar-refractivity contribution in [2.24, 2.45) is 5.41 Å². The fourth-order valence-electron chi connectivity index (χ4n) is 5.54. The number of halogens is 1. The monoisotopic (exact) mass is 475 g/mol. The van der Waals surface area contributed by atoms with E-state index in [0.717, 1.165) is 59.4 Å². The van der Waals surface area contributed by atoms with Crippen molar-refractivity contribution in [3.63, 3.8) is 0 Å². The van der Waals surface area contributed by atoms with Crippen molar-refractivity contribution < 1.29 is 13.4 Å². The van der Waals surface area contributed by atoms with Gasteiger partial charge in [0.1, 0.15) is 23.1 Å². The molecule has 3 atom stereocenters. The number of hydrogen-bond donors (Lipinski definition) is 0. The smallest absolute Gasteiger partial charge is 0.130 e. The minimum atomic E-state index is -1.24. The summed E-state index contributed by atoms with van der Waals surface area (Å²) in [6.45, 7) is 0. The molecule has 2 aromatic carbocycles. The molecule has 3 aliphatic carbocycles. The van der Waals surface area contributed by atoms with Crippen molar-refractivity contribution in [3.05, 3.63) is 83.4 Å². The molecule has 3 aromatic rings. The van der Waals surface area contributed by atoms with E-state index in [-0.39, 0.29) is 11.9 Å². The van der Waals surface area contributed by atoms with Crippen molar-refractivity contribution in [2.75, 3.05) is 0 Å². The number of benzene rings is 2. The third-order valence-electron chi connectivity index (χ3n) is 7.39. The number of rotatable bonds is 6. The second kappa shape index (κ2) is 8.40. The molecule has 174 valence electrons. The summed E-state index contributed by atoms with van der Waals surface area (Å²) >= 11 is 0. The second-order valence-corrected chi connectivity index (χ2v) is 11.0. The van der Waals surface area contributed by atoms with Gasteiger partial charge in [-0.3, -0.25) is 0 Å². The van der Waals surface area contributed by atoms with Crippen LogP contribution in [0.1, 0.15) is 43.4 Å². The molecule has 5 nitrogen and oxygen atoms in total. The zero-order chi connectivity index (χ0) is 23.3. The van der Waals surface area contributed by atoms with Gasteiger partial charge >= 0.3 is 0 Å². The molecule has 1 heterocycles. The third-order valence-corrected chi connectivity index (χ3v) is 9.04. The average Bonchev–Trinajstić information content (AvgIpc) is 3.63. The minimum Gasteiger partial charge on any atom is -0.302 e. The maximum Gasteiger partial charge on any atom is 0.130 e. The maximum absolute atomic E-state index is 13.6. The molecule has 0 N–H and O–H groups in total. The lowest BCUT2D eigenvalue weighted by molar-refractivity contribution is -0.116. The first-order valence-electron chi connectivity index (χ1n) is 11.8. The summed E-state index contributed by atoms with van der Waals surface area (Å²) in [4.78, 5) is 13.5. The number of carbonyl (C=O) groups excluding carboxylic acids is 1. The Bertz CT molecular complexity index is 1280. The quantitative estimate of drug-likeness (QED) is 0.478. The first-order valence-corrected chi connectivity index (χ1v) is 12.9. The lowest BCUT2D eigenvalue weighted by Crippen LogP contribution is -2.47. The molecule has 0 amide bonds. The van der Waals surface area contributed by atoms with Crippen LogP contribution >= 0.6 is 0 Å². The Hall–Kier alpha value is -2.90. The predicted molar refractivity (Wildman–Crippen MR) is 129 cm³/mol. The topological polar surface area (TPSA) is 55.2 Å². The molecule has 3 aliphatic rings. The van der Waals surface area contributed by atoms with E-state index in [1.54, 1.807) is 12.1 Å². The van der Waals surface area contributed by atoms with E-state index in [0.29, 0.717) is 18.9 Å². The Kier molecular flexibility index (Phi) is 5.34. The molecule has 0 saturated heterocycles. The van der Waals surface area contributed by atoms with Crippen LogP contribution in [0.2, 0.25) is 0 Å². The van der Waals surface area contributed by atoms with Gasteiger partial charge in [-0.05, 0) is 86.6 Å². The fourth-order valence-corrected chi connectivity index (χ4v) is 7.11. The van der Waals surface area contributed by atoms with Gasteiger partial charge < -0.3 is 4.79 Å². The predicted octanol–water partition coefficient (Wildman–Crippen LogP) is 4.88. The number of aromatic nitrogens is 2. The van der Waals surface area contributed by atoms with Crippen LogP contribution in [0.3, 0.4) is 0 Å². The lowest BCUT2D eigenvalue weighted by atomic mass is 9.64. The van der Waals surface area contributed by atoms with Gasteiger partial charge in [0.25, 0.3) is 0 Å². The Balaban J connectivity index is 1.31. The molecule has 0 aliphatic heterocycles. The molecule has 0 spiro atoms. The van der Waals surface area contributed by atoms with Crippen LogP contribution in [0, 0.1) is 11.2 Å². The summed E-state index contributed by atoms with van der Waals surface area (Å²) < 4.78 is 31.0. The summed E-state index contributed by atoms with van der Waals surface area (Å²) in [5.74, 6) is -0.283. The van der Waals surface area contributed by atoms with Crippen LogP contribution in [0.5, 0.6) is 0 Å². The van der Waals surface area contributed by atoms with Crippen molar-refractivity contribution in [2.45, 2.75) is 55.5 Å². The Morgan fingerprint density at radius 2 is 1.82 bits per heavy atom. The van der Waals surface area contributed by atoms with E-state index < -0.39 is 16.4 Å². The fraction of sp³-hybridized carbons (Fsp3) is 0.333. The van der Waals surface area contributed by atoms with Crippen LogP contribution in [0.4, 0.5) is 4.39 Å². The van der Waals surface area contributed by atoms with Crippen molar-refractivity contribution in [3.8, 4) is 5.69 Å². The van der Waals surface area contributed by atoms with Gasteiger partial charge in [0.05, 0.1) is 27.9 Å². The number of allylic oxidation sites excluding steroid dienone is 1. The number of aldehydes is 1. The maximum atomic E-state index is 13.6. The third kappa shape index (κ3) is 3.67. The van der Waals surface area contributed by atoms with Crippen LogP contribution in [-0.2, 0) is 22.2 Å². The second-order valence-electron chi connectivity index (χ2n) is 9.61. The zero-order valence-corrected chi connectivity index (χ0v) is 19.6. The zero-order valence-electron chi connectivity index (χ0n) is 18.8. The molecule has 3 unspecified atom stereocenters. The summed E-state index contributed by atoms with van der Waals surface area (Å²) in [5.41, 5.74) is 3.30. The number of nitrogens with zero attached hydrogens (tertiary/aromatic N) is 3. The van der Waals surface area contributed by atoms with E-state index in [2.05, 4.69) is 15.5 Å². The van der Waals surface area contributed by atoms with E-state index >= 15 is 0 Å². The average molecular weight is 476 g/mol. The Morgan fingerprint density at radius 3 is 2.53 bits per heavy atom. The summed E-state index contributed by atoms with van der Waals surface area (Å²) in [6, 6.07) is 16.3. The number of hydrogen-bond acceptors (Lipinski definition) is 3. The van der Waals surface area contributed by atoms with Crippen molar-refractivity contribution in [1.29, 1.82) is 0 Å². The molecule has 2 fully saturated rings. The standard InChI is InChI=1S/C27H26FN3O2S/c28-21-7-10-22(11-8-21)30-26-14-20-6-9-24(16-27(20,18-32)15-19(26)17-29-30)31(23-12-13-23)34(33)25-4-2-1-3-5-25/h1-5,7-8,10-11,14,17-18,23-24H,6,9,12-13,15-16H2. The highest BCUT2D eigenvalue weighted by Gasteiger charge is 2.48. The molecule has 34 heavy (non-hydrogen) atoms. The van der Waals surface area contributed by atoms with E-state index in [1.165, 1.54) is 12.1 Å². The van der Waals surface area contributed by atoms with Gasteiger partial charge in [0.2, 0.25) is 0 Å². The van der Waals surface area contributed by atoms with Crippen molar-refractivity contribution >= 4 is 23.3 Å². The highest BCUT2D eigenvalue weighted by Crippen LogP contribution is 2.49. The summed E-state index contributed by atoms with van der Waals surface area (Å²) in [6.07, 6.45) is 10.1. The molecule has 1 aromatic heterocycles. The normalized spacial score (nSPS) is 24.8. The molecule has 0 bridgehead atoms. The summed E-state index contributed by atoms with van der Waals surface area (Å²) in [5, 5.41) is 4.56. The SMILES string of the molecule is O=CC12Cc3cnn(-c4ccc(F)cc4)c3C=C1CCC(N(C1CC1)S(=O)c1ccccc1)C2. The minimum absolute atomic E-state index is 0.0876. The highest BCUT2D eigenvalue weighted by atomic mass is 32.2. The van der Waals surface area contributed by atoms with E-state index in [1.807, 2.05) is 41.2 Å². The molecule has 7 heteroatoms. The van der Waals surface area contributed by atoms with Gasteiger partial charge in [-0.15, -0.1) is 0 Å². The number of carbonyl (C=O) groups is 1. The molecule has 6 rings (SSSR count). The molecular weight excluding hydrogens is 449 g/mol. The molecule has 0 radical (unpaired) electrons. The van der Waals surface area contributed by atoms with Crippen LogP contribution in [0.25, 0.3) is 11.8 Å². The van der Waals surface area contributed by atoms with Gasteiger partial charge in [0.15, 0.2) is 0 Å². The van der Waals surface area contributed by atoms with Crippen LogP contribution < -0.4 is 0 Å². The van der Waals surface area contributed by atoms with Gasteiger partial charge in [-0.2, -0.15) is 5.10 Å². The summed E-state index contributed by atoms with van der Waals surface area (Å²) in [7, 11) is -1.24. The Labute approximate surface area is 200 Å². The van der Waals surface area contributed by atoms with E-state index in [4.69, 9.17) is 0 Å². The number of fused-ring (bicyclic) bond motifs is 2. The first kappa shape index (κ1) is 21.6. The van der Waals surface area contributed by atoms with Gasteiger partial charge in [-0.25, -0.2) is 17.6 Å². The van der Waals surface area contributed by atoms with Gasteiger partial charge in [-0.1, -0.05) is 23.8 Å². The van der Waals surface area contributed by atoms with Crippen molar-refractivity contribution in [1.82, 2.24) is 14.1 Å². The highest BCUT2D eigenvalue weighted by molar-refractivity contribution is 7.82. The van der Waals surface area contributed by atoms with Gasteiger partial charge in [0, 0.05) is 12.1 Å². The Morgan fingerprint density at radius 1 is 1.06 bits per heavy atom. The lowest BCUT2D eigenvalue weighted by Gasteiger charge is -2.44. The van der Waals surface area contributed by atoms with E-state index in [9.17, 15) is 13.4 Å². The molecular formula is C27H26FN3O2S. The van der Waals surface area contributed by atoms with Crippen LogP contribution in [0.15, 0.2) is 71.3 Å². The first-order chi connectivity index (χ1) is 16.6. The largest absolute Gasteiger partial charge is 0.302 e. The van der Waals surface area contributed by atoms with Crippen LogP contribution in [-0.4, -0.2) is 36.7 Å².